The number of hydrogen-bond acceptors (Lipinski definition) is 6. The summed E-state index contributed by atoms with van der Waals surface area (Å²) < 4.78 is 0. The fourth-order valence-electron chi connectivity index (χ4n) is 1.72. The van der Waals surface area contributed by atoms with E-state index in [0.29, 0.717) is 0 Å². The zero-order chi connectivity index (χ0) is 23.0. The van der Waals surface area contributed by atoms with Crippen LogP contribution in [0.1, 0.15) is 0 Å². The van der Waals surface area contributed by atoms with E-state index in [2.05, 4.69) is 10.2 Å². The molecule has 6 nitrogen and oxygen atoms in total. The van der Waals surface area contributed by atoms with Gasteiger partial charge in [-0.15, -0.1) is 0 Å². The predicted octanol–water partition coefficient (Wildman–Crippen LogP) is 4.50. The first-order valence-electron chi connectivity index (χ1n) is 7.82. The van der Waals surface area contributed by atoms with Gasteiger partial charge < -0.3 is 36.8 Å². The third-order valence-corrected chi connectivity index (χ3v) is 2.70. The first-order chi connectivity index (χ1) is 13.3. The topological polar surface area (TPSA) is 19.4 Å². The predicted molar refractivity (Wildman–Crippen MR) is 131 cm³/mol. The van der Waals surface area contributed by atoms with Crippen molar-refractivity contribution in [1.82, 2.24) is 29.4 Å². The van der Waals surface area contributed by atoms with Gasteiger partial charge in [-0.2, -0.15) is 20.0 Å². The number of rotatable bonds is 0. The zero-order valence-corrected chi connectivity index (χ0v) is 25.0. The molecule has 0 bridgehead atoms. The maximum atomic E-state index is 5.07. The molecule has 0 aromatic rings. The monoisotopic (exact) mass is 678 g/mol. The van der Waals surface area contributed by atoms with Gasteiger partial charge in [0.1, 0.15) is 0 Å². The van der Waals surface area contributed by atoms with Gasteiger partial charge in [-0.25, -0.2) is 0 Å². The van der Waals surface area contributed by atoms with Crippen LogP contribution in [0.3, 0.4) is 0 Å². The first kappa shape index (κ1) is 34.8. The normalized spacial score (nSPS) is 16.3. The van der Waals surface area contributed by atoms with Crippen molar-refractivity contribution in [3.05, 3.63) is 64.6 Å². The van der Waals surface area contributed by atoms with E-state index in [1.807, 2.05) is 129 Å². The Hall–Kier alpha value is 0.167. The van der Waals surface area contributed by atoms with Gasteiger partial charge in [0.15, 0.2) is 0 Å². The second kappa shape index (κ2) is 21.0. The summed E-state index contributed by atoms with van der Waals surface area (Å²) >= 11 is -2.95. The van der Waals surface area contributed by atoms with E-state index in [1.54, 1.807) is 0 Å². The van der Waals surface area contributed by atoms with Crippen LogP contribution in [-0.2, 0) is 27.0 Å². The molecule has 3 rings (SSSR count). The van der Waals surface area contributed by atoms with Crippen LogP contribution in [0, 0.1) is 27.4 Å². The second-order valence-corrected chi connectivity index (χ2v) is 17.3. The van der Waals surface area contributed by atoms with Crippen molar-refractivity contribution in [2.45, 2.75) is 0 Å². The Morgan fingerprint density at radius 3 is 0.633 bits per heavy atom. The molecular weight excluding hydrogens is 644 g/mol. The SMILES string of the molecule is CN1C=CN(C)[CH-]1.CN1C=CN(C)[CH-]1.CN1C=CN(C)[CH-]1.[CH2]=[Ru]([Cl])[Cl].[CH2]=[Ru]([Cl])[Cl].[CH3-]. The van der Waals surface area contributed by atoms with Crippen LogP contribution in [0.25, 0.3) is 0 Å². The minimum absolute atomic E-state index is 0. The molecule has 12 heteroatoms. The summed E-state index contributed by atoms with van der Waals surface area (Å²) in [5.41, 5.74) is 0. The summed E-state index contributed by atoms with van der Waals surface area (Å²) in [5.74, 6) is 0. The third kappa shape index (κ3) is 28.2. The largest absolute Gasteiger partial charge is 0.358 e. The van der Waals surface area contributed by atoms with Gasteiger partial charge in [0.05, 0.1) is 0 Å². The molecule has 0 radical (unpaired) electrons. The van der Waals surface area contributed by atoms with Crippen molar-refractivity contribution in [3.8, 4) is 0 Å². The molecular formula is C18H34Cl4N6Ru2-4. The Labute approximate surface area is 210 Å². The molecule has 0 fully saturated rings. The molecule has 0 N–H and O–H groups in total. The van der Waals surface area contributed by atoms with E-state index < -0.39 is 27.0 Å². The summed E-state index contributed by atoms with van der Waals surface area (Å²) in [6.07, 6.45) is 12.0. The van der Waals surface area contributed by atoms with Crippen molar-refractivity contribution >= 4 is 49.0 Å². The molecule has 0 atom stereocenters. The average Bonchev–Trinajstić information content (AvgIpc) is 3.23. The van der Waals surface area contributed by atoms with Gasteiger partial charge >= 0.3 is 76.0 Å². The Kier molecular flexibility index (Phi) is 24.4. The number of halogens is 4. The van der Waals surface area contributed by atoms with E-state index in [9.17, 15) is 0 Å². The zero-order valence-electron chi connectivity index (χ0n) is 18.5. The Bertz CT molecular complexity index is 456. The minimum atomic E-state index is -1.48. The van der Waals surface area contributed by atoms with E-state index in [0.717, 1.165) is 0 Å². The summed E-state index contributed by atoms with van der Waals surface area (Å²) in [4.78, 5) is 12.0. The maximum absolute atomic E-state index is 5.07. The van der Waals surface area contributed by atoms with Crippen molar-refractivity contribution in [2.24, 2.45) is 0 Å². The Balaban J connectivity index is -0.000000309. The molecule has 0 aromatic carbocycles. The van der Waals surface area contributed by atoms with Crippen LogP contribution < -0.4 is 0 Å². The van der Waals surface area contributed by atoms with E-state index in [4.69, 9.17) is 38.8 Å². The van der Waals surface area contributed by atoms with E-state index >= 15 is 0 Å². The van der Waals surface area contributed by atoms with Crippen molar-refractivity contribution in [3.63, 3.8) is 0 Å². The molecule has 0 aliphatic carbocycles. The third-order valence-electron chi connectivity index (χ3n) is 2.70. The second-order valence-electron chi connectivity index (χ2n) is 5.71. The van der Waals surface area contributed by atoms with Crippen molar-refractivity contribution in [1.29, 1.82) is 0 Å². The molecule has 3 heterocycles. The van der Waals surface area contributed by atoms with Crippen LogP contribution in [0.5, 0.6) is 0 Å². The molecule has 3 aliphatic heterocycles. The molecule has 0 aromatic heterocycles. The van der Waals surface area contributed by atoms with Crippen molar-refractivity contribution in [2.75, 3.05) is 42.3 Å². The smallest absolute Gasteiger partial charge is 0.358 e. The molecule has 0 unspecified atom stereocenters. The molecule has 0 saturated heterocycles. The summed E-state index contributed by atoms with van der Waals surface area (Å²) in [7, 11) is 32.3. The molecule has 184 valence electrons. The van der Waals surface area contributed by atoms with Crippen LogP contribution in [-0.4, -0.2) is 81.9 Å². The van der Waals surface area contributed by atoms with Gasteiger partial charge in [0.25, 0.3) is 0 Å². The van der Waals surface area contributed by atoms with Gasteiger partial charge in [-0.05, 0) is 79.5 Å². The Morgan fingerprint density at radius 1 is 0.500 bits per heavy atom. The quantitative estimate of drug-likeness (QED) is 0.276. The summed E-state index contributed by atoms with van der Waals surface area (Å²) in [6, 6.07) is 0. The first-order valence-corrected chi connectivity index (χ1v) is 19.2. The van der Waals surface area contributed by atoms with Crippen LogP contribution in [0.4, 0.5) is 0 Å². The average molecular weight is 678 g/mol. The fourth-order valence-corrected chi connectivity index (χ4v) is 1.72. The van der Waals surface area contributed by atoms with Gasteiger partial charge in [-0.1, -0.05) is 0 Å². The van der Waals surface area contributed by atoms with Gasteiger partial charge in [0, 0.05) is 0 Å². The van der Waals surface area contributed by atoms with E-state index in [1.165, 1.54) is 0 Å². The number of hydrogen-bond donors (Lipinski definition) is 0. The van der Waals surface area contributed by atoms with E-state index in [-0.39, 0.29) is 7.43 Å². The summed E-state index contributed by atoms with van der Waals surface area (Å²) in [6.45, 7) is 6.00. The summed E-state index contributed by atoms with van der Waals surface area (Å²) in [5, 5.41) is 6.63. The van der Waals surface area contributed by atoms with Crippen LogP contribution in [0.15, 0.2) is 37.2 Å². The Morgan fingerprint density at radius 2 is 0.600 bits per heavy atom. The molecule has 0 saturated carbocycles. The van der Waals surface area contributed by atoms with Crippen LogP contribution >= 0.6 is 38.8 Å². The fraction of sp³-hybridized carbons (Fsp3) is 0.333. The molecule has 0 spiro atoms. The molecule has 30 heavy (non-hydrogen) atoms. The minimum Gasteiger partial charge on any atom is -0.358 e. The van der Waals surface area contributed by atoms with Gasteiger partial charge in [-0.3, -0.25) is 0 Å². The maximum Gasteiger partial charge on any atom is -0.358 e. The molecule has 3 aliphatic rings. The van der Waals surface area contributed by atoms with Crippen LogP contribution in [0.2, 0.25) is 0 Å². The number of nitrogens with zero attached hydrogens (tertiary/aromatic N) is 6. The van der Waals surface area contributed by atoms with Gasteiger partial charge in [0.2, 0.25) is 0 Å². The molecule has 0 amide bonds. The van der Waals surface area contributed by atoms with Crippen molar-refractivity contribution < 1.29 is 27.0 Å². The standard InChI is InChI=1S/3C5H9N2.CH3.2CH2.4ClH.2Ru/c3*1-6-3-4-7(2)5-6;;;;;;;;;/h3*3-5H,1-2H3;1H3;2*1H2;4*1H;;/q4*-1;;;;;;;2*+2/p-4.